The molecule has 0 fully saturated rings. The first-order valence-corrected chi connectivity index (χ1v) is 8.81. The van der Waals surface area contributed by atoms with Crippen molar-refractivity contribution < 1.29 is 13.2 Å². The monoisotopic (exact) mass is 334 g/mol. The maximum atomic E-state index is 12.1. The lowest BCUT2D eigenvalue weighted by atomic mass is 10.1. The summed E-state index contributed by atoms with van der Waals surface area (Å²) in [6, 6.07) is 6.14. The van der Waals surface area contributed by atoms with Gasteiger partial charge >= 0.3 is 0 Å². The van der Waals surface area contributed by atoms with E-state index >= 15 is 0 Å². The Morgan fingerprint density at radius 2 is 1.70 bits per heavy atom. The van der Waals surface area contributed by atoms with E-state index in [4.69, 9.17) is 0 Å². The summed E-state index contributed by atoms with van der Waals surface area (Å²) in [6.45, 7) is 1.82. The van der Waals surface area contributed by atoms with Crippen LogP contribution in [0.25, 0.3) is 0 Å². The Bertz CT molecular complexity index is 786. The van der Waals surface area contributed by atoms with Crippen molar-refractivity contribution >= 4 is 21.7 Å². The zero-order valence-electron chi connectivity index (χ0n) is 13.1. The maximum absolute atomic E-state index is 12.1. The zero-order chi connectivity index (χ0) is 17.0. The van der Waals surface area contributed by atoms with Gasteiger partial charge in [0, 0.05) is 25.7 Å². The van der Waals surface area contributed by atoms with Crippen LogP contribution >= 0.6 is 0 Å². The Labute approximate surface area is 135 Å². The summed E-state index contributed by atoms with van der Waals surface area (Å²) >= 11 is 0. The van der Waals surface area contributed by atoms with E-state index in [0.717, 1.165) is 11.8 Å². The van der Waals surface area contributed by atoms with E-state index in [9.17, 15) is 13.2 Å². The summed E-state index contributed by atoms with van der Waals surface area (Å²) < 4.78 is 22.9. The summed E-state index contributed by atoms with van der Waals surface area (Å²) in [5.74, 6) is 0.137. The number of sulfone groups is 1. The number of anilines is 1. The van der Waals surface area contributed by atoms with Gasteiger partial charge in [-0.15, -0.1) is 0 Å². The normalized spacial score (nSPS) is 12.5. The molecule has 0 saturated carbocycles. The van der Waals surface area contributed by atoms with Gasteiger partial charge in [-0.1, -0.05) is 12.1 Å². The molecule has 0 aliphatic rings. The van der Waals surface area contributed by atoms with E-state index in [0.29, 0.717) is 11.5 Å². The highest BCUT2D eigenvalue weighted by atomic mass is 32.2. The van der Waals surface area contributed by atoms with Gasteiger partial charge < -0.3 is 10.6 Å². The van der Waals surface area contributed by atoms with Crippen molar-refractivity contribution in [2.75, 3.05) is 18.6 Å². The number of rotatable bonds is 5. The molecule has 8 heteroatoms. The van der Waals surface area contributed by atoms with Crippen LogP contribution in [0.2, 0.25) is 0 Å². The Balaban J connectivity index is 2.08. The number of nitrogens with zero attached hydrogens (tertiary/aromatic N) is 2. The second kappa shape index (κ2) is 6.74. The topological polar surface area (TPSA) is 101 Å². The smallest absolute Gasteiger partial charge is 0.254 e. The van der Waals surface area contributed by atoms with Crippen LogP contribution in [0, 0.1) is 0 Å². The largest absolute Gasteiger partial charge is 0.357 e. The molecule has 1 aromatic heterocycles. The Kier molecular flexibility index (Phi) is 4.95. The molecule has 0 radical (unpaired) electrons. The van der Waals surface area contributed by atoms with Crippen LogP contribution in [0.4, 0.5) is 5.95 Å². The highest BCUT2D eigenvalue weighted by Crippen LogP contribution is 2.16. The Morgan fingerprint density at radius 1 is 1.13 bits per heavy atom. The van der Waals surface area contributed by atoms with E-state index < -0.39 is 9.84 Å². The van der Waals surface area contributed by atoms with Crippen LogP contribution in [0.3, 0.4) is 0 Å². The van der Waals surface area contributed by atoms with E-state index in [-0.39, 0.29) is 16.8 Å². The van der Waals surface area contributed by atoms with E-state index in [1.165, 1.54) is 24.5 Å². The highest BCUT2D eigenvalue weighted by Gasteiger charge is 2.13. The second-order valence-electron chi connectivity index (χ2n) is 5.08. The van der Waals surface area contributed by atoms with Crippen molar-refractivity contribution in [1.29, 1.82) is 0 Å². The molecule has 122 valence electrons. The quantitative estimate of drug-likeness (QED) is 0.857. The third-order valence-corrected chi connectivity index (χ3v) is 4.42. The third-order valence-electron chi connectivity index (χ3n) is 3.29. The molecule has 1 aromatic carbocycles. The molecular formula is C15H18N4O3S. The van der Waals surface area contributed by atoms with Crippen LogP contribution in [0.5, 0.6) is 0 Å². The van der Waals surface area contributed by atoms with Crippen molar-refractivity contribution in [2.24, 2.45) is 0 Å². The zero-order valence-corrected chi connectivity index (χ0v) is 13.9. The lowest BCUT2D eigenvalue weighted by Crippen LogP contribution is -2.27. The first-order chi connectivity index (χ1) is 10.8. The number of hydrogen-bond donors (Lipinski definition) is 2. The standard InChI is InChI=1S/C15H18N4O3S/c1-10(11-4-6-13(7-5-11)23(3,21)22)19-14(20)12-8-17-15(16-2)18-9-12/h4-10H,1-3H3,(H,19,20)(H,16,17,18)/t10-/m1/s1. The minimum Gasteiger partial charge on any atom is -0.357 e. The predicted octanol–water partition coefficient (Wildman–Crippen LogP) is 1.41. The van der Waals surface area contributed by atoms with Crippen molar-refractivity contribution in [2.45, 2.75) is 17.9 Å². The Hall–Kier alpha value is -2.48. The molecule has 1 amide bonds. The second-order valence-corrected chi connectivity index (χ2v) is 7.10. The fraction of sp³-hybridized carbons (Fsp3) is 0.267. The van der Waals surface area contributed by atoms with Crippen LogP contribution in [0.15, 0.2) is 41.6 Å². The molecule has 0 bridgehead atoms. The van der Waals surface area contributed by atoms with Gasteiger partial charge in [0.15, 0.2) is 9.84 Å². The Morgan fingerprint density at radius 3 is 2.17 bits per heavy atom. The number of hydrogen-bond acceptors (Lipinski definition) is 6. The predicted molar refractivity (Wildman–Crippen MR) is 87.0 cm³/mol. The van der Waals surface area contributed by atoms with E-state index in [1.807, 2.05) is 6.92 Å². The molecule has 2 rings (SSSR count). The highest BCUT2D eigenvalue weighted by molar-refractivity contribution is 7.90. The summed E-state index contributed by atoms with van der Waals surface area (Å²) in [6.07, 6.45) is 4.03. The summed E-state index contributed by atoms with van der Waals surface area (Å²) in [5.41, 5.74) is 1.15. The van der Waals surface area contributed by atoms with Gasteiger partial charge in [-0.3, -0.25) is 4.79 Å². The summed E-state index contributed by atoms with van der Waals surface area (Å²) in [5, 5.41) is 5.59. The fourth-order valence-corrected chi connectivity index (χ4v) is 2.57. The van der Waals surface area contributed by atoms with Gasteiger partial charge in [0.2, 0.25) is 5.95 Å². The molecule has 0 spiro atoms. The first kappa shape index (κ1) is 16.9. The van der Waals surface area contributed by atoms with Gasteiger partial charge in [-0.05, 0) is 24.6 Å². The molecule has 0 aliphatic carbocycles. The molecule has 2 N–H and O–H groups in total. The average molecular weight is 334 g/mol. The maximum Gasteiger partial charge on any atom is 0.254 e. The molecular weight excluding hydrogens is 316 g/mol. The number of aromatic nitrogens is 2. The molecule has 1 atom stereocenters. The van der Waals surface area contributed by atoms with Crippen molar-refractivity contribution in [1.82, 2.24) is 15.3 Å². The molecule has 0 saturated heterocycles. The number of benzene rings is 1. The van der Waals surface area contributed by atoms with Crippen molar-refractivity contribution in [3.8, 4) is 0 Å². The minimum absolute atomic E-state index is 0.246. The molecule has 2 aromatic rings. The van der Waals surface area contributed by atoms with E-state index in [1.54, 1.807) is 19.2 Å². The van der Waals surface area contributed by atoms with Gasteiger partial charge in [-0.2, -0.15) is 0 Å². The third kappa shape index (κ3) is 4.26. The van der Waals surface area contributed by atoms with Gasteiger partial charge in [-0.25, -0.2) is 18.4 Å². The van der Waals surface area contributed by atoms with E-state index in [2.05, 4.69) is 20.6 Å². The van der Waals surface area contributed by atoms with Crippen LogP contribution in [-0.2, 0) is 9.84 Å². The van der Waals surface area contributed by atoms with Crippen LogP contribution < -0.4 is 10.6 Å². The van der Waals surface area contributed by atoms with Gasteiger partial charge in [0.05, 0.1) is 16.5 Å². The molecule has 23 heavy (non-hydrogen) atoms. The number of carbonyl (C=O) groups is 1. The molecule has 7 nitrogen and oxygen atoms in total. The van der Waals surface area contributed by atoms with Gasteiger partial charge in [0.1, 0.15) is 0 Å². The molecule has 0 aliphatic heterocycles. The molecule has 0 unspecified atom stereocenters. The van der Waals surface area contributed by atoms with Crippen molar-refractivity contribution in [3.63, 3.8) is 0 Å². The lowest BCUT2D eigenvalue weighted by molar-refractivity contribution is 0.0939. The van der Waals surface area contributed by atoms with Crippen LogP contribution in [-0.4, -0.2) is 37.6 Å². The summed E-state index contributed by atoms with van der Waals surface area (Å²) in [4.78, 5) is 20.4. The summed E-state index contributed by atoms with van der Waals surface area (Å²) in [7, 11) is -1.54. The van der Waals surface area contributed by atoms with Crippen molar-refractivity contribution in [3.05, 3.63) is 47.8 Å². The van der Waals surface area contributed by atoms with Gasteiger partial charge in [0.25, 0.3) is 5.91 Å². The fourth-order valence-electron chi connectivity index (χ4n) is 1.94. The minimum atomic E-state index is -3.23. The SMILES string of the molecule is CNc1ncc(C(=O)N[C@H](C)c2ccc(S(C)(=O)=O)cc2)cn1. The van der Waals surface area contributed by atoms with Crippen LogP contribution in [0.1, 0.15) is 28.9 Å². The molecule has 1 heterocycles. The average Bonchev–Trinajstić information content (AvgIpc) is 2.54. The number of nitrogens with one attached hydrogen (secondary N) is 2. The number of carbonyl (C=O) groups excluding carboxylic acids is 1. The lowest BCUT2D eigenvalue weighted by Gasteiger charge is -2.14. The first-order valence-electron chi connectivity index (χ1n) is 6.92. The number of amides is 1.